The Morgan fingerprint density at radius 3 is 2.43 bits per heavy atom. The zero-order valence-corrected chi connectivity index (χ0v) is 13.8. The summed E-state index contributed by atoms with van der Waals surface area (Å²) in [5, 5.41) is 9.72. The highest BCUT2D eigenvalue weighted by molar-refractivity contribution is 6.31. The minimum absolute atomic E-state index is 0.648. The Balaban J connectivity index is 3.41. The van der Waals surface area contributed by atoms with Gasteiger partial charge in [-0.1, -0.05) is 35.4 Å². The van der Waals surface area contributed by atoms with Crippen molar-refractivity contribution in [1.29, 1.82) is 0 Å². The van der Waals surface area contributed by atoms with Crippen LogP contribution in [-0.2, 0) is 0 Å². The second-order valence-electron chi connectivity index (χ2n) is 4.93. The SMILES string of the molecule is C=NN(C(/C=C\C(=C)C)=C(C)C)c1cc(Cl)ccc1NC. The fourth-order valence-corrected chi connectivity index (χ4v) is 2.01. The van der Waals surface area contributed by atoms with Crippen LogP contribution in [0.2, 0.25) is 5.02 Å². The molecule has 0 fully saturated rings. The number of benzene rings is 1. The second kappa shape index (κ2) is 7.70. The van der Waals surface area contributed by atoms with E-state index in [9.17, 15) is 0 Å². The van der Waals surface area contributed by atoms with Gasteiger partial charge in [0.25, 0.3) is 0 Å². The van der Waals surface area contributed by atoms with Gasteiger partial charge in [0.2, 0.25) is 0 Å². The molecular weight excluding hydrogens is 282 g/mol. The summed E-state index contributed by atoms with van der Waals surface area (Å²) >= 11 is 6.12. The van der Waals surface area contributed by atoms with Crippen molar-refractivity contribution >= 4 is 29.7 Å². The molecule has 4 heteroatoms. The van der Waals surface area contributed by atoms with Crippen LogP contribution >= 0.6 is 11.6 Å². The number of nitrogens with zero attached hydrogens (tertiary/aromatic N) is 2. The molecule has 0 radical (unpaired) electrons. The van der Waals surface area contributed by atoms with Crippen LogP contribution in [0, 0.1) is 0 Å². The van der Waals surface area contributed by atoms with Gasteiger partial charge in [-0.05, 0) is 45.0 Å². The molecule has 112 valence electrons. The number of hydrogen-bond acceptors (Lipinski definition) is 3. The first kappa shape index (κ1) is 17.1. The molecule has 1 aromatic carbocycles. The molecule has 1 aromatic rings. The summed E-state index contributed by atoms with van der Waals surface area (Å²) in [4.78, 5) is 0. The van der Waals surface area contributed by atoms with Crippen molar-refractivity contribution in [1.82, 2.24) is 0 Å². The van der Waals surface area contributed by atoms with Gasteiger partial charge >= 0.3 is 0 Å². The molecule has 21 heavy (non-hydrogen) atoms. The van der Waals surface area contributed by atoms with Crippen LogP contribution in [-0.4, -0.2) is 13.8 Å². The Hall–Kier alpha value is -2.00. The first-order valence-electron chi connectivity index (χ1n) is 6.65. The fraction of sp³-hybridized carbons (Fsp3) is 0.235. The van der Waals surface area contributed by atoms with Crippen molar-refractivity contribution in [2.75, 3.05) is 17.4 Å². The van der Waals surface area contributed by atoms with Gasteiger partial charge in [0.1, 0.15) is 0 Å². The average molecular weight is 304 g/mol. The third kappa shape index (κ3) is 4.50. The summed E-state index contributed by atoms with van der Waals surface area (Å²) in [7, 11) is 1.86. The Kier molecular flexibility index (Phi) is 6.25. The van der Waals surface area contributed by atoms with E-state index in [2.05, 4.69) is 23.7 Å². The van der Waals surface area contributed by atoms with Crippen molar-refractivity contribution < 1.29 is 0 Å². The molecule has 1 rings (SSSR count). The van der Waals surface area contributed by atoms with Crippen molar-refractivity contribution in [2.45, 2.75) is 20.8 Å². The van der Waals surface area contributed by atoms with Crippen LogP contribution in [0.3, 0.4) is 0 Å². The lowest BCUT2D eigenvalue weighted by molar-refractivity contribution is 1.01. The lowest BCUT2D eigenvalue weighted by atomic mass is 10.1. The molecule has 0 aromatic heterocycles. The smallest absolute Gasteiger partial charge is 0.0898 e. The Morgan fingerprint density at radius 2 is 1.95 bits per heavy atom. The van der Waals surface area contributed by atoms with Crippen molar-refractivity contribution in [3.05, 3.63) is 58.8 Å². The Bertz CT molecular complexity index is 596. The first-order chi connectivity index (χ1) is 9.90. The molecule has 1 N–H and O–H groups in total. The predicted molar refractivity (Wildman–Crippen MR) is 95.4 cm³/mol. The van der Waals surface area contributed by atoms with E-state index in [4.69, 9.17) is 11.6 Å². The van der Waals surface area contributed by atoms with E-state index < -0.39 is 0 Å². The third-order valence-electron chi connectivity index (χ3n) is 2.86. The Labute approximate surface area is 132 Å². The normalized spacial score (nSPS) is 10.3. The zero-order valence-electron chi connectivity index (χ0n) is 13.1. The molecule has 0 saturated carbocycles. The van der Waals surface area contributed by atoms with Crippen LogP contribution in [0.15, 0.2) is 58.9 Å². The molecule has 0 aliphatic carbocycles. The van der Waals surface area contributed by atoms with E-state index in [1.807, 2.05) is 58.2 Å². The van der Waals surface area contributed by atoms with Crippen LogP contribution in [0.25, 0.3) is 0 Å². The molecule has 0 unspecified atom stereocenters. The van der Waals surface area contributed by atoms with Crippen LogP contribution in [0.4, 0.5) is 11.4 Å². The van der Waals surface area contributed by atoms with Gasteiger partial charge in [-0.2, -0.15) is 5.10 Å². The van der Waals surface area contributed by atoms with E-state index in [1.54, 1.807) is 5.01 Å². The quantitative estimate of drug-likeness (QED) is 0.442. The van der Waals surface area contributed by atoms with Crippen molar-refractivity contribution in [3.8, 4) is 0 Å². The van der Waals surface area contributed by atoms with Crippen molar-refractivity contribution in [2.24, 2.45) is 5.10 Å². The first-order valence-corrected chi connectivity index (χ1v) is 7.03. The van der Waals surface area contributed by atoms with E-state index in [0.29, 0.717) is 5.02 Å². The Morgan fingerprint density at radius 1 is 1.29 bits per heavy atom. The van der Waals surface area contributed by atoms with Gasteiger partial charge in [0.05, 0.1) is 17.1 Å². The molecule has 0 aliphatic rings. The van der Waals surface area contributed by atoms with Gasteiger partial charge in [0, 0.05) is 18.8 Å². The summed E-state index contributed by atoms with van der Waals surface area (Å²) in [6, 6.07) is 5.62. The lowest BCUT2D eigenvalue weighted by Gasteiger charge is -2.24. The molecule has 0 heterocycles. The second-order valence-corrected chi connectivity index (χ2v) is 5.37. The predicted octanol–water partition coefficient (Wildman–Crippen LogP) is 5.23. The van der Waals surface area contributed by atoms with E-state index >= 15 is 0 Å². The highest BCUT2D eigenvalue weighted by Crippen LogP contribution is 2.33. The summed E-state index contributed by atoms with van der Waals surface area (Å²) in [5.41, 5.74) is 4.79. The number of halogens is 1. The molecule has 0 atom stereocenters. The number of hydrazone groups is 1. The van der Waals surface area contributed by atoms with Crippen LogP contribution in [0.1, 0.15) is 20.8 Å². The summed E-state index contributed by atoms with van der Waals surface area (Å²) < 4.78 is 0. The number of hydrogen-bond donors (Lipinski definition) is 1. The van der Waals surface area contributed by atoms with Gasteiger partial charge in [0.15, 0.2) is 0 Å². The van der Waals surface area contributed by atoms with E-state index in [0.717, 1.165) is 28.2 Å². The van der Waals surface area contributed by atoms with Gasteiger partial charge in [-0.25, -0.2) is 5.01 Å². The van der Waals surface area contributed by atoms with Crippen LogP contribution in [0.5, 0.6) is 0 Å². The molecule has 0 spiro atoms. The average Bonchev–Trinajstić information content (AvgIpc) is 2.42. The van der Waals surface area contributed by atoms with Gasteiger partial charge < -0.3 is 5.32 Å². The number of nitrogens with one attached hydrogen (secondary N) is 1. The maximum atomic E-state index is 6.12. The molecule has 0 saturated heterocycles. The maximum Gasteiger partial charge on any atom is 0.0898 e. The standard InChI is InChI=1S/C17H22ClN3/c1-12(2)7-10-16(13(3)4)21(20-6)17-11-14(18)8-9-15(17)19-5/h7-11,19H,1,6H2,2-5H3/b10-7-. The summed E-state index contributed by atoms with van der Waals surface area (Å²) in [6.07, 6.45) is 3.93. The number of anilines is 2. The highest BCUT2D eigenvalue weighted by Gasteiger charge is 2.14. The molecule has 0 bridgehead atoms. The summed E-state index contributed by atoms with van der Waals surface area (Å²) in [5.74, 6) is 0. The number of rotatable bonds is 6. The third-order valence-corrected chi connectivity index (χ3v) is 3.10. The molecule has 0 aliphatic heterocycles. The van der Waals surface area contributed by atoms with Crippen molar-refractivity contribution in [3.63, 3.8) is 0 Å². The minimum Gasteiger partial charge on any atom is -0.386 e. The topological polar surface area (TPSA) is 27.6 Å². The fourth-order valence-electron chi connectivity index (χ4n) is 1.84. The van der Waals surface area contributed by atoms with Crippen LogP contribution < -0.4 is 10.3 Å². The largest absolute Gasteiger partial charge is 0.386 e. The molecule has 3 nitrogen and oxygen atoms in total. The summed E-state index contributed by atoms with van der Waals surface area (Å²) in [6.45, 7) is 13.6. The molecule has 0 amide bonds. The highest BCUT2D eigenvalue weighted by atomic mass is 35.5. The van der Waals surface area contributed by atoms with Gasteiger partial charge in [-0.3, -0.25) is 0 Å². The lowest BCUT2D eigenvalue weighted by Crippen LogP contribution is -2.16. The molecular formula is C17H22ClN3. The van der Waals surface area contributed by atoms with Gasteiger partial charge in [-0.15, -0.1) is 0 Å². The number of allylic oxidation sites excluding steroid dienone is 4. The minimum atomic E-state index is 0.648. The monoisotopic (exact) mass is 303 g/mol. The van der Waals surface area contributed by atoms with E-state index in [1.165, 1.54) is 0 Å². The zero-order chi connectivity index (χ0) is 16.0. The van der Waals surface area contributed by atoms with E-state index in [-0.39, 0.29) is 0 Å². The maximum absolute atomic E-state index is 6.12.